The van der Waals surface area contributed by atoms with E-state index in [0.29, 0.717) is 18.0 Å². The average molecular weight is 344 g/mol. The molecule has 3 aromatic heterocycles. The number of carbonyl (C=O) groups is 1. The van der Waals surface area contributed by atoms with Gasteiger partial charge in [-0.2, -0.15) is 10.1 Å². The smallest absolute Gasteiger partial charge is 0.272 e. The van der Waals surface area contributed by atoms with Gasteiger partial charge in [0.2, 0.25) is 0 Å². The van der Waals surface area contributed by atoms with Gasteiger partial charge in [-0.15, -0.1) is 11.3 Å². The predicted molar refractivity (Wildman–Crippen MR) is 92.3 cm³/mol. The Morgan fingerprint density at radius 2 is 2.12 bits per heavy atom. The van der Waals surface area contributed by atoms with Crippen molar-refractivity contribution in [3.8, 4) is 0 Å². The van der Waals surface area contributed by atoms with E-state index >= 15 is 0 Å². The minimum atomic E-state index is -0.177. The van der Waals surface area contributed by atoms with Crippen LogP contribution in [0.15, 0.2) is 24.0 Å². The Hall–Kier alpha value is -2.35. The highest BCUT2D eigenvalue weighted by Crippen LogP contribution is 2.23. The Morgan fingerprint density at radius 3 is 2.79 bits per heavy atom. The number of thiazole rings is 1. The second-order valence-electron chi connectivity index (χ2n) is 6.65. The van der Waals surface area contributed by atoms with Crippen LogP contribution in [-0.4, -0.2) is 49.0 Å². The van der Waals surface area contributed by atoms with E-state index in [4.69, 9.17) is 0 Å². The Morgan fingerprint density at radius 1 is 1.33 bits per heavy atom. The van der Waals surface area contributed by atoms with E-state index in [1.807, 2.05) is 11.4 Å². The monoisotopic (exact) mass is 344 g/mol. The molecule has 0 spiro atoms. The number of rotatable bonds is 4. The quantitative estimate of drug-likeness (QED) is 0.725. The highest BCUT2D eigenvalue weighted by atomic mass is 32.1. The van der Waals surface area contributed by atoms with Crippen LogP contribution in [0.3, 0.4) is 0 Å². The van der Waals surface area contributed by atoms with Crippen LogP contribution in [0.2, 0.25) is 0 Å². The van der Waals surface area contributed by atoms with Crippen molar-refractivity contribution in [2.24, 2.45) is 0 Å². The first-order valence-corrected chi connectivity index (χ1v) is 8.59. The Labute approximate surface area is 144 Å². The molecule has 0 aliphatic heterocycles. The third-order valence-electron chi connectivity index (χ3n) is 3.73. The first-order chi connectivity index (χ1) is 11.4. The molecule has 3 heterocycles. The first-order valence-electron chi connectivity index (χ1n) is 7.71. The van der Waals surface area contributed by atoms with Crippen molar-refractivity contribution in [3.63, 3.8) is 0 Å². The van der Waals surface area contributed by atoms with Crippen LogP contribution < -0.4 is 0 Å². The molecule has 0 N–H and O–H groups in total. The van der Waals surface area contributed by atoms with Gasteiger partial charge in [-0.1, -0.05) is 20.8 Å². The molecule has 0 saturated heterocycles. The molecule has 24 heavy (non-hydrogen) atoms. The summed E-state index contributed by atoms with van der Waals surface area (Å²) in [4.78, 5) is 27.2. The summed E-state index contributed by atoms with van der Waals surface area (Å²) in [6.45, 7) is 6.81. The van der Waals surface area contributed by atoms with Crippen LogP contribution in [0.4, 0.5) is 0 Å². The van der Waals surface area contributed by atoms with Gasteiger partial charge in [0.25, 0.3) is 11.7 Å². The molecule has 0 radical (unpaired) electrons. The SMILES string of the molecule is CN(CCc1nccs1)C(=O)c1cc(C(C)(C)C)n2ncnc2n1. The lowest BCUT2D eigenvalue weighted by molar-refractivity contribution is 0.0790. The van der Waals surface area contributed by atoms with Crippen molar-refractivity contribution in [3.05, 3.63) is 40.4 Å². The van der Waals surface area contributed by atoms with Gasteiger partial charge in [-0.05, 0) is 6.07 Å². The van der Waals surface area contributed by atoms with E-state index in [2.05, 4.69) is 40.8 Å². The molecular weight excluding hydrogens is 324 g/mol. The summed E-state index contributed by atoms with van der Waals surface area (Å²) < 4.78 is 1.69. The molecule has 3 aromatic rings. The summed E-state index contributed by atoms with van der Waals surface area (Å²) in [5, 5.41) is 7.17. The molecular formula is C16H20N6OS. The maximum absolute atomic E-state index is 12.7. The summed E-state index contributed by atoms with van der Waals surface area (Å²) in [5.41, 5.74) is 1.12. The first kappa shape index (κ1) is 16.5. The fourth-order valence-corrected chi connectivity index (χ4v) is 3.00. The van der Waals surface area contributed by atoms with Gasteiger partial charge in [0, 0.05) is 37.0 Å². The van der Waals surface area contributed by atoms with Gasteiger partial charge in [0.05, 0.1) is 10.7 Å². The third kappa shape index (κ3) is 3.28. The van der Waals surface area contributed by atoms with E-state index < -0.39 is 0 Å². The summed E-state index contributed by atoms with van der Waals surface area (Å²) in [6.07, 6.45) is 3.97. The molecule has 1 amide bonds. The normalized spacial score (nSPS) is 11.8. The van der Waals surface area contributed by atoms with Crippen LogP contribution in [0, 0.1) is 0 Å². The molecule has 0 atom stereocenters. The fourth-order valence-electron chi connectivity index (χ4n) is 2.39. The number of likely N-dealkylation sites (N-methyl/N-ethyl adjacent to an activating group) is 1. The number of nitrogens with zero attached hydrogens (tertiary/aromatic N) is 6. The molecule has 0 aliphatic rings. The predicted octanol–water partition coefficient (Wildman–Crippen LogP) is 2.19. The van der Waals surface area contributed by atoms with Gasteiger partial charge in [-0.3, -0.25) is 4.79 Å². The number of carbonyl (C=O) groups excluding carboxylic acids is 1. The van der Waals surface area contributed by atoms with Crippen molar-refractivity contribution >= 4 is 23.0 Å². The van der Waals surface area contributed by atoms with E-state index in [1.54, 1.807) is 34.0 Å². The van der Waals surface area contributed by atoms with Crippen molar-refractivity contribution in [1.82, 2.24) is 29.5 Å². The van der Waals surface area contributed by atoms with E-state index in [1.165, 1.54) is 6.33 Å². The standard InChI is InChI=1S/C16H20N6OS/c1-16(2,3)12-9-11(20-15-18-10-19-22(12)15)14(23)21(4)7-5-13-17-6-8-24-13/h6,8-10H,5,7H2,1-4H3. The van der Waals surface area contributed by atoms with Gasteiger partial charge < -0.3 is 4.90 Å². The number of hydrogen-bond acceptors (Lipinski definition) is 6. The fraction of sp³-hybridized carbons (Fsp3) is 0.438. The lowest BCUT2D eigenvalue weighted by atomic mass is 9.91. The Balaban J connectivity index is 1.86. The molecule has 0 fully saturated rings. The molecule has 126 valence electrons. The summed E-state index contributed by atoms with van der Waals surface area (Å²) in [7, 11) is 1.78. The number of fused-ring (bicyclic) bond motifs is 1. The molecule has 0 aromatic carbocycles. The molecule has 0 saturated carbocycles. The van der Waals surface area contributed by atoms with Crippen molar-refractivity contribution in [2.75, 3.05) is 13.6 Å². The van der Waals surface area contributed by atoms with Crippen LogP contribution in [0.1, 0.15) is 42.0 Å². The minimum Gasteiger partial charge on any atom is -0.340 e. The third-order valence-corrected chi connectivity index (χ3v) is 4.57. The lowest BCUT2D eigenvalue weighted by Crippen LogP contribution is -2.30. The Bertz CT molecular complexity index is 849. The number of amides is 1. The van der Waals surface area contributed by atoms with Gasteiger partial charge in [0.1, 0.15) is 12.0 Å². The Kier molecular flexibility index (Phi) is 4.31. The molecule has 7 nitrogen and oxygen atoms in total. The lowest BCUT2D eigenvalue weighted by Gasteiger charge is -2.21. The van der Waals surface area contributed by atoms with E-state index in [9.17, 15) is 4.79 Å². The second-order valence-corrected chi connectivity index (χ2v) is 7.63. The molecule has 0 aliphatic carbocycles. The van der Waals surface area contributed by atoms with Gasteiger partial charge in [0.15, 0.2) is 0 Å². The van der Waals surface area contributed by atoms with Gasteiger partial charge >= 0.3 is 0 Å². The van der Waals surface area contributed by atoms with Gasteiger partial charge in [-0.25, -0.2) is 14.5 Å². The molecule has 3 rings (SSSR count). The highest BCUT2D eigenvalue weighted by molar-refractivity contribution is 7.09. The highest BCUT2D eigenvalue weighted by Gasteiger charge is 2.23. The van der Waals surface area contributed by atoms with Crippen LogP contribution >= 0.6 is 11.3 Å². The van der Waals surface area contributed by atoms with E-state index in [-0.39, 0.29) is 11.3 Å². The summed E-state index contributed by atoms with van der Waals surface area (Å²) in [6, 6.07) is 1.81. The largest absolute Gasteiger partial charge is 0.340 e. The van der Waals surface area contributed by atoms with Crippen molar-refractivity contribution in [2.45, 2.75) is 32.6 Å². The maximum Gasteiger partial charge on any atom is 0.272 e. The van der Waals surface area contributed by atoms with Crippen molar-refractivity contribution in [1.29, 1.82) is 0 Å². The number of hydrogen-bond donors (Lipinski definition) is 0. The zero-order valence-corrected chi connectivity index (χ0v) is 15.0. The molecule has 0 unspecified atom stereocenters. The zero-order valence-electron chi connectivity index (χ0n) is 14.2. The van der Waals surface area contributed by atoms with E-state index in [0.717, 1.165) is 17.1 Å². The van der Waals surface area contributed by atoms with Crippen LogP contribution in [0.25, 0.3) is 5.78 Å². The molecule has 0 bridgehead atoms. The second kappa shape index (κ2) is 6.27. The summed E-state index contributed by atoms with van der Waals surface area (Å²) >= 11 is 1.59. The van der Waals surface area contributed by atoms with Crippen LogP contribution in [-0.2, 0) is 11.8 Å². The average Bonchev–Trinajstić information content (AvgIpc) is 3.20. The topological polar surface area (TPSA) is 76.3 Å². The zero-order chi connectivity index (χ0) is 17.3. The maximum atomic E-state index is 12.7. The molecule has 8 heteroatoms. The van der Waals surface area contributed by atoms with Crippen molar-refractivity contribution < 1.29 is 4.79 Å². The number of aromatic nitrogens is 5. The minimum absolute atomic E-state index is 0.123. The summed E-state index contributed by atoms with van der Waals surface area (Å²) in [5.74, 6) is 0.321. The van der Waals surface area contributed by atoms with Crippen LogP contribution in [0.5, 0.6) is 0 Å².